The first-order valence-corrected chi connectivity index (χ1v) is 5.50. The van der Waals surface area contributed by atoms with Crippen molar-refractivity contribution in [3.05, 3.63) is 18.2 Å². The van der Waals surface area contributed by atoms with E-state index in [4.69, 9.17) is 4.74 Å². The summed E-state index contributed by atoms with van der Waals surface area (Å²) in [5, 5.41) is 0. The third-order valence-electron chi connectivity index (χ3n) is 2.88. The smallest absolute Gasteiger partial charge is 0.114 e. The maximum absolute atomic E-state index is 5.74. The van der Waals surface area contributed by atoms with Crippen LogP contribution >= 0.6 is 0 Å². The van der Waals surface area contributed by atoms with Crippen molar-refractivity contribution < 1.29 is 4.74 Å². The van der Waals surface area contributed by atoms with E-state index in [2.05, 4.69) is 23.7 Å². The zero-order chi connectivity index (χ0) is 10.8. The maximum Gasteiger partial charge on any atom is 0.114 e. The van der Waals surface area contributed by atoms with E-state index in [0.29, 0.717) is 6.04 Å². The lowest BCUT2D eigenvalue weighted by molar-refractivity contribution is -0.0420. The van der Waals surface area contributed by atoms with E-state index in [1.165, 1.54) is 0 Å². The molecule has 84 valence electrons. The van der Waals surface area contributed by atoms with E-state index in [9.17, 15) is 0 Å². The van der Waals surface area contributed by atoms with Crippen molar-refractivity contribution in [2.24, 2.45) is 7.05 Å². The normalized spacial score (nSPS) is 23.6. The van der Waals surface area contributed by atoms with Gasteiger partial charge in [-0.15, -0.1) is 0 Å². The molecule has 1 aliphatic rings. The summed E-state index contributed by atoms with van der Waals surface area (Å²) in [6.07, 6.45) is 4.00. The summed E-state index contributed by atoms with van der Waals surface area (Å²) in [6, 6.07) is 0.583. The van der Waals surface area contributed by atoms with E-state index in [1.54, 1.807) is 0 Å². The van der Waals surface area contributed by atoms with E-state index in [-0.39, 0.29) is 6.10 Å². The highest BCUT2D eigenvalue weighted by molar-refractivity contribution is 5.03. The van der Waals surface area contributed by atoms with Crippen molar-refractivity contribution in [3.8, 4) is 0 Å². The van der Waals surface area contributed by atoms with Crippen LogP contribution in [0, 0.1) is 0 Å². The van der Waals surface area contributed by atoms with Crippen LogP contribution in [0.2, 0.25) is 0 Å². The van der Waals surface area contributed by atoms with E-state index >= 15 is 0 Å². The van der Waals surface area contributed by atoms with Crippen LogP contribution in [0.5, 0.6) is 0 Å². The van der Waals surface area contributed by atoms with Crippen LogP contribution in [0.4, 0.5) is 0 Å². The number of rotatable bonds is 2. The minimum absolute atomic E-state index is 0.141. The molecule has 0 N–H and O–H groups in total. The molecule has 1 atom stereocenters. The van der Waals surface area contributed by atoms with Gasteiger partial charge in [-0.05, 0) is 13.8 Å². The molecule has 1 aliphatic heterocycles. The lowest BCUT2D eigenvalue weighted by atomic mass is 10.2. The van der Waals surface area contributed by atoms with Crippen LogP contribution in [0.1, 0.15) is 25.6 Å². The standard InChI is InChI=1S/C11H19N3O/c1-9(2)14-4-5-15-11(7-14)10-6-13(3)8-12-10/h6,8-9,11H,4-5,7H2,1-3H3. The van der Waals surface area contributed by atoms with Gasteiger partial charge >= 0.3 is 0 Å². The van der Waals surface area contributed by atoms with Crippen molar-refractivity contribution in [1.29, 1.82) is 0 Å². The Bertz CT molecular complexity index is 321. The number of ether oxygens (including phenoxy) is 1. The summed E-state index contributed by atoms with van der Waals surface area (Å²) >= 11 is 0. The largest absolute Gasteiger partial charge is 0.369 e. The van der Waals surface area contributed by atoms with Gasteiger partial charge < -0.3 is 9.30 Å². The predicted octanol–water partition coefficient (Wildman–Crippen LogP) is 1.20. The van der Waals surface area contributed by atoms with E-state index in [0.717, 1.165) is 25.4 Å². The van der Waals surface area contributed by atoms with Crippen molar-refractivity contribution >= 4 is 0 Å². The molecule has 1 unspecified atom stereocenters. The Hall–Kier alpha value is -0.870. The van der Waals surface area contributed by atoms with Gasteiger partial charge in [-0.3, -0.25) is 4.90 Å². The van der Waals surface area contributed by atoms with Gasteiger partial charge in [0.2, 0.25) is 0 Å². The lowest BCUT2D eigenvalue weighted by Crippen LogP contribution is -2.42. The second kappa shape index (κ2) is 4.33. The van der Waals surface area contributed by atoms with Crippen molar-refractivity contribution in [1.82, 2.24) is 14.5 Å². The van der Waals surface area contributed by atoms with Gasteiger partial charge in [0.15, 0.2) is 0 Å². The Morgan fingerprint density at radius 1 is 1.53 bits per heavy atom. The number of imidazole rings is 1. The van der Waals surface area contributed by atoms with Crippen LogP contribution in [0.15, 0.2) is 12.5 Å². The molecule has 0 saturated carbocycles. The number of nitrogens with zero attached hydrogens (tertiary/aromatic N) is 3. The molecule has 1 fully saturated rings. The summed E-state index contributed by atoms with van der Waals surface area (Å²) in [5.41, 5.74) is 1.04. The zero-order valence-electron chi connectivity index (χ0n) is 9.68. The first-order chi connectivity index (χ1) is 7.16. The highest BCUT2D eigenvalue weighted by atomic mass is 16.5. The van der Waals surface area contributed by atoms with Gasteiger partial charge in [0.25, 0.3) is 0 Å². The monoisotopic (exact) mass is 209 g/mol. The lowest BCUT2D eigenvalue weighted by Gasteiger charge is -2.34. The number of hydrogen-bond donors (Lipinski definition) is 0. The molecule has 0 aliphatic carbocycles. The minimum Gasteiger partial charge on any atom is -0.369 e. The molecule has 0 aromatic carbocycles. The number of aryl methyl sites for hydroxylation is 1. The first-order valence-electron chi connectivity index (χ1n) is 5.50. The molecule has 15 heavy (non-hydrogen) atoms. The molecule has 0 amide bonds. The van der Waals surface area contributed by atoms with Crippen LogP contribution in [0.25, 0.3) is 0 Å². The third-order valence-corrected chi connectivity index (χ3v) is 2.88. The highest BCUT2D eigenvalue weighted by Crippen LogP contribution is 2.21. The molecule has 4 heteroatoms. The zero-order valence-corrected chi connectivity index (χ0v) is 9.68. The Kier molecular flexibility index (Phi) is 3.07. The van der Waals surface area contributed by atoms with Gasteiger partial charge in [0, 0.05) is 32.4 Å². The van der Waals surface area contributed by atoms with Gasteiger partial charge in [-0.25, -0.2) is 4.98 Å². The van der Waals surface area contributed by atoms with Crippen molar-refractivity contribution in [2.45, 2.75) is 26.0 Å². The Morgan fingerprint density at radius 2 is 2.33 bits per heavy atom. The quantitative estimate of drug-likeness (QED) is 0.733. The van der Waals surface area contributed by atoms with Crippen LogP contribution < -0.4 is 0 Å². The van der Waals surface area contributed by atoms with Crippen LogP contribution in [0.3, 0.4) is 0 Å². The van der Waals surface area contributed by atoms with Gasteiger partial charge in [-0.1, -0.05) is 0 Å². The van der Waals surface area contributed by atoms with E-state index < -0.39 is 0 Å². The van der Waals surface area contributed by atoms with Gasteiger partial charge in [-0.2, -0.15) is 0 Å². The fourth-order valence-corrected chi connectivity index (χ4v) is 1.92. The second-order valence-corrected chi connectivity index (χ2v) is 4.41. The summed E-state index contributed by atoms with van der Waals surface area (Å²) in [6.45, 7) is 7.23. The number of aromatic nitrogens is 2. The number of morpholine rings is 1. The van der Waals surface area contributed by atoms with Crippen LogP contribution in [-0.2, 0) is 11.8 Å². The first kappa shape index (κ1) is 10.6. The summed E-state index contributed by atoms with van der Waals surface area (Å²) in [5.74, 6) is 0. The second-order valence-electron chi connectivity index (χ2n) is 4.41. The third kappa shape index (κ3) is 2.38. The molecular formula is C11H19N3O. The molecule has 0 radical (unpaired) electrons. The molecule has 1 saturated heterocycles. The number of hydrogen-bond acceptors (Lipinski definition) is 3. The van der Waals surface area contributed by atoms with Gasteiger partial charge in [0.1, 0.15) is 6.10 Å². The molecule has 1 aromatic heterocycles. The fourth-order valence-electron chi connectivity index (χ4n) is 1.92. The average Bonchev–Trinajstić information content (AvgIpc) is 2.65. The molecule has 0 spiro atoms. The molecular weight excluding hydrogens is 190 g/mol. The highest BCUT2D eigenvalue weighted by Gasteiger charge is 2.24. The minimum atomic E-state index is 0.141. The van der Waals surface area contributed by atoms with E-state index in [1.807, 2.05) is 24.1 Å². The summed E-state index contributed by atoms with van der Waals surface area (Å²) in [4.78, 5) is 6.78. The van der Waals surface area contributed by atoms with Crippen LogP contribution in [-0.4, -0.2) is 40.2 Å². The maximum atomic E-state index is 5.74. The molecule has 4 nitrogen and oxygen atoms in total. The summed E-state index contributed by atoms with van der Waals surface area (Å²) < 4.78 is 7.71. The fraction of sp³-hybridized carbons (Fsp3) is 0.727. The average molecular weight is 209 g/mol. The van der Waals surface area contributed by atoms with Crippen molar-refractivity contribution in [3.63, 3.8) is 0 Å². The SMILES string of the molecule is CC(C)N1CCOC(c2cn(C)cn2)C1. The molecule has 0 bridgehead atoms. The van der Waals surface area contributed by atoms with Gasteiger partial charge in [0.05, 0.1) is 18.6 Å². The predicted molar refractivity (Wildman–Crippen MR) is 58.6 cm³/mol. The Balaban J connectivity index is 2.04. The Labute approximate surface area is 90.9 Å². The summed E-state index contributed by atoms with van der Waals surface area (Å²) in [7, 11) is 1.99. The molecule has 2 heterocycles. The molecule has 2 rings (SSSR count). The topological polar surface area (TPSA) is 30.3 Å². The molecule has 1 aromatic rings. The Morgan fingerprint density at radius 3 is 2.93 bits per heavy atom. The van der Waals surface area contributed by atoms with Crippen molar-refractivity contribution in [2.75, 3.05) is 19.7 Å².